The van der Waals surface area contributed by atoms with E-state index in [1.165, 1.54) is 0 Å². The summed E-state index contributed by atoms with van der Waals surface area (Å²) in [5.41, 5.74) is 7.50. The summed E-state index contributed by atoms with van der Waals surface area (Å²) >= 11 is 5.93. The summed E-state index contributed by atoms with van der Waals surface area (Å²) in [5.74, 6) is 0.787. The zero-order chi connectivity index (χ0) is 14.4. The third-order valence-corrected chi connectivity index (χ3v) is 3.32. The maximum atomic E-state index is 12.0. The first kappa shape index (κ1) is 16.0. The summed E-state index contributed by atoms with van der Waals surface area (Å²) in [7, 11) is 0. The average Bonchev–Trinajstić information content (AvgIpc) is 2.32. The first-order valence-corrected chi connectivity index (χ1v) is 7.06. The van der Waals surface area contributed by atoms with Crippen LogP contribution in [0, 0.1) is 18.8 Å². The van der Waals surface area contributed by atoms with Gasteiger partial charge in [-0.3, -0.25) is 4.79 Å². The van der Waals surface area contributed by atoms with Gasteiger partial charge in [0.1, 0.15) is 0 Å². The highest BCUT2D eigenvalue weighted by molar-refractivity contribution is 6.31. The molecule has 106 valence electrons. The number of halogens is 1. The first-order chi connectivity index (χ1) is 8.92. The van der Waals surface area contributed by atoms with E-state index >= 15 is 0 Å². The normalized spacial score (nSPS) is 12.5. The molecule has 0 aliphatic carbocycles. The minimum absolute atomic E-state index is 0.00136. The number of anilines is 1. The van der Waals surface area contributed by atoms with Crippen LogP contribution in [0.25, 0.3) is 0 Å². The van der Waals surface area contributed by atoms with E-state index in [0.717, 1.165) is 17.7 Å². The van der Waals surface area contributed by atoms with E-state index in [1.807, 2.05) is 19.1 Å². The Hall–Kier alpha value is -1.06. The Morgan fingerprint density at radius 1 is 1.42 bits per heavy atom. The SMILES string of the molecule is Cc1ccc(Cl)cc1NC(=O)CC(CN)CC(C)C. The molecule has 0 heterocycles. The molecule has 0 aliphatic heterocycles. The number of carbonyl (C=O) groups is 1. The van der Waals surface area contributed by atoms with Crippen molar-refractivity contribution >= 4 is 23.2 Å². The van der Waals surface area contributed by atoms with Crippen LogP contribution >= 0.6 is 11.6 Å². The zero-order valence-electron chi connectivity index (χ0n) is 11.9. The number of nitrogens with two attached hydrogens (primary N) is 1. The number of carbonyl (C=O) groups excluding carboxylic acids is 1. The van der Waals surface area contributed by atoms with Crippen molar-refractivity contribution in [3.63, 3.8) is 0 Å². The van der Waals surface area contributed by atoms with Gasteiger partial charge < -0.3 is 11.1 Å². The van der Waals surface area contributed by atoms with Gasteiger partial charge in [-0.05, 0) is 49.4 Å². The standard InChI is InChI=1S/C15H23ClN2O/c1-10(2)6-12(9-17)7-15(19)18-14-8-13(16)5-4-11(14)3/h4-5,8,10,12H,6-7,9,17H2,1-3H3,(H,18,19). The Bertz CT molecular complexity index is 432. The molecule has 1 amide bonds. The van der Waals surface area contributed by atoms with Crippen LogP contribution < -0.4 is 11.1 Å². The molecule has 0 aliphatic rings. The van der Waals surface area contributed by atoms with Crippen LogP contribution in [0.5, 0.6) is 0 Å². The Morgan fingerprint density at radius 2 is 2.11 bits per heavy atom. The molecule has 0 saturated heterocycles. The summed E-state index contributed by atoms with van der Waals surface area (Å²) < 4.78 is 0. The number of rotatable bonds is 6. The fourth-order valence-corrected chi connectivity index (χ4v) is 2.29. The summed E-state index contributed by atoms with van der Waals surface area (Å²) in [6.45, 7) is 6.77. The van der Waals surface area contributed by atoms with Gasteiger partial charge in [-0.2, -0.15) is 0 Å². The van der Waals surface area contributed by atoms with Crippen molar-refractivity contribution in [3.8, 4) is 0 Å². The maximum Gasteiger partial charge on any atom is 0.224 e. The van der Waals surface area contributed by atoms with Crippen molar-refractivity contribution in [1.29, 1.82) is 0 Å². The summed E-state index contributed by atoms with van der Waals surface area (Å²) in [6.07, 6.45) is 1.43. The number of amides is 1. The Balaban J connectivity index is 2.61. The third-order valence-electron chi connectivity index (χ3n) is 3.09. The number of aryl methyl sites for hydroxylation is 1. The Morgan fingerprint density at radius 3 is 2.68 bits per heavy atom. The molecule has 1 unspecified atom stereocenters. The fourth-order valence-electron chi connectivity index (χ4n) is 2.12. The first-order valence-electron chi connectivity index (χ1n) is 6.68. The highest BCUT2D eigenvalue weighted by Crippen LogP contribution is 2.21. The van der Waals surface area contributed by atoms with Crippen LogP contribution in [0.1, 0.15) is 32.3 Å². The van der Waals surface area contributed by atoms with E-state index in [9.17, 15) is 4.79 Å². The lowest BCUT2D eigenvalue weighted by atomic mass is 9.94. The maximum absolute atomic E-state index is 12.0. The fraction of sp³-hybridized carbons (Fsp3) is 0.533. The number of benzene rings is 1. The summed E-state index contributed by atoms with van der Waals surface area (Å²) in [4.78, 5) is 12.0. The molecule has 3 N–H and O–H groups in total. The minimum Gasteiger partial charge on any atom is -0.330 e. The molecule has 1 atom stereocenters. The molecule has 0 aromatic heterocycles. The molecule has 1 aromatic carbocycles. The van der Waals surface area contributed by atoms with Gasteiger partial charge in [0, 0.05) is 17.1 Å². The van der Waals surface area contributed by atoms with Crippen molar-refractivity contribution in [3.05, 3.63) is 28.8 Å². The lowest BCUT2D eigenvalue weighted by Crippen LogP contribution is -2.23. The molecular weight excluding hydrogens is 260 g/mol. The van der Waals surface area contributed by atoms with E-state index in [0.29, 0.717) is 23.9 Å². The molecular formula is C15H23ClN2O. The van der Waals surface area contributed by atoms with Gasteiger partial charge in [-0.25, -0.2) is 0 Å². The summed E-state index contributed by atoms with van der Waals surface area (Å²) in [6, 6.07) is 5.48. The topological polar surface area (TPSA) is 55.1 Å². The predicted octanol–water partition coefficient (Wildman–Crippen LogP) is 3.60. The van der Waals surface area contributed by atoms with Crippen molar-refractivity contribution in [1.82, 2.24) is 0 Å². The molecule has 1 rings (SSSR count). The molecule has 3 nitrogen and oxygen atoms in total. The van der Waals surface area contributed by atoms with E-state index in [-0.39, 0.29) is 11.8 Å². The summed E-state index contributed by atoms with van der Waals surface area (Å²) in [5, 5.41) is 3.53. The van der Waals surface area contributed by atoms with Gasteiger partial charge in [-0.15, -0.1) is 0 Å². The van der Waals surface area contributed by atoms with Crippen LogP contribution in [-0.4, -0.2) is 12.5 Å². The van der Waals surface area contributed by atoms with Crippen molar-refractivity contribution < 1.29 is 4.79 Å². The largest absolute Gasteiger partial charge is 0.330 e. The van der Waals surface area contributed by atoms with Gasteiger partial charge in [0.05, 0.1) is 0 Å². The van der Waals surface area contributed by atoms with Crippen molar-refractivity contribution in [2.24, 2.45) is 17.6 Å². The third kappa shape index (κ3) is 5.62. The van der Waals surface area contributed by atoms with Gasteiger partial charge in [0.2, 0.25) is 5.91 Å². The number of hydrogen-bond donors (Lipinski definition) is 2. The second kappa shape index (κ2) is 7.51. The minimum atomic E-state index is 0.00136. The Labute approximate surface area is 120 Å². The number of hydrogen-bond acceptors (Lipinski definition) is 2. The molecule has 0 saturated carbocycles. The van der Waals surface area contributed by atoms with Gasteiger partial charge in [0.25, 0.3) is 0 Å². The second-order valence-electron chi connectivity index (χ2n) is 5.44. The molecule has 19 heavy (non-hydrogen) atoms. The molecule has 0 radical (unpaired) electrons. The highest BCUT2D eigenvalue weighted by atomic mass is 35.5. The van der Waals surface area contributed by atoms with Crippen LogP contribution in [0.3, 0.4) is 0 Å². The lowest BCUT2D eigenvalue weighted by molar-refractivity contribution is -0.117. The van der Waals surface area contributed by atoms with Gasteiger partial charge in [-0.1, -0.05) is 31.5 Å². The Kier molecular flexibility index (Phi) is 6.32. The quantitative estimate of drug-likeness (QED) is 0.838. The van der Waals surface area contributed by atoms with Crippen LogP contribution in [0.4, 0.5) is 5.69 Å². The average molecular weight is 283 g/mol. The van der Waals surface area contributed by atoms with Crippen molar-refractivity contribution in [2.75, 3.05) is 11.9 Å². The molecule has 0 fully saturated rings. The van der Waals surface area contributed by atoms with Gasteiger partial charge >= 0.3 is 0 Å². The van der Waals surface area contributed by atoms with Crippen LogP contribution in [0.15, 0.2) is 18.2 Å². The van der Waals surface area contributed by atoms with Crippen LogP contribution in [-0.2, 0) is 4.79 Å². The van der Waals surface area contributed by atoms with E-state index in [4.69, 9.17) is 17.3 Å². The molecule has 0 bridgehead atoms. The second-order valence-corrected chi connectivity index (χ2v) is 5.88. The van der Waals surface area contributed by atoms with Crippen molar-refractivity contribution in [2.45, 2.75) is 33.6 Å². The molecule has 1 aromatic rings. The van der Waals surface area contributed by atoms with Crippen LogP contribution in [0.2, 0.25) is 5.02 Å². The van der Waals surface area contributed by atoms with E-state index in [2.05, 4.69) is 19.2 Å². The van der Waals surface area contributed by atoms with Gasteiger partial charge in [0.15, 0.2) is 0 Å². The smallest absolute Gasteiger partial charge is 0.224 e. The molecule has 0 spiro atoms. The lowest BCUT2D eigenvalue weighted by Gasteiger charge is -2.17. The number of nitrogens with one attached hydrogen (secondary N) is 1. The zero-order valence-corrected chi connectivity index (χ0v) is 12.6. The highest BCUT2D eigenvalue weighted by Gasteiger charge is 2.14. The predicted molar refractivity (Wildman–Crippen MR) is 81.4 cm³/mol. The molecule has 4 heteroatoms. The van der Waals surface area contributed by atoms with E-state index in [1.54, 1.807) is 6.07 Å². The monoisotopic (exact) mass is 282 g/mol. The van der Waals surface area contributed by atoms with E-state index < -0.39 is 0 Å².